The highest BCUT2D eigenvalue weighted by atomic mass is 79.9. The van der Waals surface area contributed by atoms with Crippen LogP contribution in [-0.4, -0.2) is 19.8 Å². The monoisotopic (exact) mass is 401 g/mol. The summed E-state index contributed by atoms with van der Waals surface area (Å²) in [5, 5.41) is 1.31. The molecule has 0 amide bonds. The van der Waals surface area contributed by atoms with E-state index in [1.165, 1.54) is 18.2 Å². The van der Waals surface area contributed by atoms with Crippen molar-refractivity contribution in [2.45, 2.75) is 38.1 Å². The highest BCUT2D eigenvalue weighted by Gasteiger charge is 2.29. The van der Waals surface area contributed by atoms with E-state index in [0.717, 1.165) is 0 Å². The number of hydrogen-bond donors (Lipinski definition) is 1. The fourth-order valence-electron chi connectivity index (χ4n) is 1.72. The van der Waals surface area contributed by atoms with Crippen molar-refractivity contribution in [1.29, 1.82) is 0 Å². The van der Waals surface area contributed by atoms with Gasteiger partial charge in [0.25, 0.3) is 0 Å². The van der Waals surface area contributed by atoms with Gasteiger partial charge in [-0.05, 0) is 30.0 Å². The molecule has 0 aliphatic rings. The van der Waals surface area contributed by atoms with Gasteiger partial charge in [-0.3, -0.25) is 0 Å². The third-order valence-corrected chi connectivity index (χ3v) is 5.23. The summed E-state index contributed by atoms with van der Waals surface area (Å²) >= 11 is 15.1. The average Bonchev–Trinajstić information content (AvgIpc) is 2.25. The molecule has 1 unspecified atom stereocenters. The lowest BCUT2D eigenvalue weighted by molar-refractivity contribution is 0.293. The van der Waals surface area contributed by atoms with E-state index in [1.54, 1.807) is 0 Å². The SMILES string of the molecule is CC(C)(C)C(CCBr)NS(=O)(=O)c1cc(Cl)cc(Cl)c1. The molecule has 0 saturated heterocycles. The molecule has 20 heavy (non-hydrogen) atoms. The molecule has 0 aliphatic carbocycles. The van der Waals surface area contributed by atoms with Crippen LogP contribution in [0.3, 0.4) is 0 Å². The molecule has 114 valence electrons. The van der Waals surface area contributed by atoms with Gasteiger partial charge in [0.05, 0.1) is 4.90 Å². The molecule has 0 bridgehead atoms. The van der Waals surface area contributed by atoms with Crippen molar-refractivity contribution in [2.75, 3.05) is 5.33 Å². The van der Waals surface area contributed by atoms with Gasteiger partial charge in [0.2, 0.25) is 10.0 Å². The number of benzene rings is 1. The first-order chi connectivity index (χ1) is 9.06. The maximum absolute atomic E-state index is 12.4. The first-order valence-corrected chi connectivity index (χ1v) is 9.47. The van der Waals surface area contributed by atoms with Crippen LogP contribution < -0.4 is 4.72 Å². The topological polar surface area (TPSA) is 46.2 Å². The van der Waals surface area contributed by atoms with Gasteiger partial charge in [0.1, 0.15) is 0 Å². The normalized spacial score (nSPS) is 14.3. The fraction of sp³-hybridized carbons (Fsp3) is 0.538. The predicted octanol–water partition coefficient (Wildman–Crippen LogP) is 4.47. The first-order valence-electron chi connectivity index (χ1n) is 6.10. The van der Waals surface area contributed by atoms with Crippen LogP contribution in [0, 0.1) is 5.41 Å². The van der Waals surface area contributed by atoms with Crippen LogP contribution in [0.5, 0.6) is 0 Å². The molecule has 1 aromatic carbocycles. The molecule has 1 aromatic rings. The van der Waals surface area contributed by atoms with E-state index in [9.17, 15) is 8.42 Å². The van der Waals surface area contributed by atoms with E-state index in [-0.39, 0.29) is 16.4 Å². The number of rotatable bonds is 5. The van der Waals surface area contributed by atoms with Crippen molar-refractivity contribution in [3.05, 3.63) is 28.2 Å². The first kappa shape index (κ1) is 18.2. The Hall–Kier alpha value is 0.190. The van der Waals surface area contributed by atoms with Crippen LogP contribution in [0.4, 0.5) is 0 Å². The second kappa shape index (κ2) is 6.97. The molecular weight excluding hydrogens is 385 g/mol. The Morgan fingerprint density at radius 2 is 1.70 bits per heavy atom. The lowest BCUT2D eigenvalue weighted by Crippen LogP contribution is -2.43. The Balaban J connectivity index is 3.09. The van der Waals surface area contributed by atoms with Crippen LogP contribution in [0.15, 0.2) is 23.1 Å². The van der Waals surface area contributed by atoms with Gasteiger partial charge >= 0.3 is 0 Å². The molecule has 7 heteroatoms. The lowest BCUT2D eigenvalue weighted by atomic mass is 9.86. The summed E-state index contributed by atoms with van der Waals surface area (Å²) in [6, 6.07) is 4.10. The van der Waals surface area contributed by atoms with Crippen molar-refractivity contribution >= 4 is 49.2 Å². The van der Waals surface area contributed by atoms with Gasteiger partial charge < -0.3 is 0 Å². The second-order valence-electron chi connectivity index (χ2n) is 5.62. The number of nitrogens with one attached hydrogen (secondary N) is 1. The smallest absolute Gasteiger partial charge is 0.208 e. The van der Waals surface area contributed by atoms with E-state index < -0.39 is 10.0 Å². The summed E-state index contributed by atoms with van der Waals surface area (Å²) in [6.45, 7) is 5.98. The van der Waals surface area contributed by atoms with E-state index in [2.05, 4.69) is 20.7 Å². The van der Waals surface area contributed by atoms with Crippen LogP contribution in [0.25, 0.3) is 0 Å². The highest BCUT2D eigenvalue weighted by molar-refractivity contribution is 9.09. The van der Waals surface area contributed by atoms with Crippen LogP contribution in [-0.2, 0) is 10.0 Å². The third kappa shape index (κ3) is 5.19. The molecule has 0 saturated carbocycles. The molecule has 0 fully saturated rings. The zero-order valence-corrected chi connectivity index (χ0v) is 15.5. The van der Waals surface area contributed by atoms with Gasteiger partial charge in [-0.1, -0.05) is 59.9 Å². The van der Waals surface area contributed by atoms with Crippen molar-refractivity contribution < 1.29 is 8.42 Å². The number of sulfonamides is 1. The Morgan fingerprint density at radius 1 is 1.20 bits per heavy atom. The van der Waals surface area contributed by atoms with Crippen molar-refractivity contribution in [2.24, 2.45) is 5.41 Å². The van der Waals surface area contributed by atoms with Crippen molar-refractivity contribution in [3.8, 4) is 0 Å². The summed E-state index contributed by atoms with van der Waals surface area (Å²) < 4.78 is 27.6. The Bertz CT molecular complexity index is 550. The largest absolute Gasteiger partial charge is 0.240 e. The van der Waals surface area contributed by atoms with E-state index in [4.69, 9.17) is 23.2 Å². The maximum atomic E-state index is 12.4. The molecule has 0 radical (unpaired) electrons. The summed E-state index contributed by atoms with van der Waals surface area (Å²) in [5.41, 5.74) is -0.191. The molecule has 0 aliphatic heterocycles. The number of alkyl halides is 1. The third-order valence-electron chi connectivity index (χ3n) is 2.89. The minimum Gasteiger partial charge on any atom is -0.208 e. The number of hydrogen-bond acceptors (Lipinski definition) is 2. The fourth-order valence-corrected chi connectivity index (χ4v) is 4.38. The van der Waals surface area contributed by atoms with Gasteiger partial charge in [-0.2, -0.15) is 0 Å². The standard InChI is InChI=1S/C13H18BrCl2NO2S/c1-13(2,3)12(4-5-14)17-20(18,19)11-7-9(15)6-10(16)8-11/h6-8,12,17H,4-5H2,1-3H3. The minimum atomic E-state index is -3.65. The van der Waals surface area contributed by atoms with Gasteiger partial charge in [0.15, 0.2) is 0 Å². The average molecular weight is 403 g/mol. The van der Waals surface area contributed by atoms with Crippen molar-refractivity contribution in [3.63, 3.8) is 0 Å². The quantitative estimate of drug-likeness (QED) is 0.738. The second-order valence-corrected chi connectivity index (χ2v) is 9.00. The van der Waals surface area contributed by atoms with Crippen molar-refractivity contribution in [1.82, 2.24) is 4.72 Å². The summed E-state index contributed by atoms with van der Waals surface area (Å²) in [5.74, 6) is 0. The minimum absolute atomic E-state index is 0.0822. The predicted molar refractivity (Wildman–Crippen MR) is 88.4 cm³/mol. The molecule has 0 heterocycles. The van der Waals surface area contributed by atoms with Gasteiger partial charge in [0, 0.05) is 21.4 Å². The Morgan fingerprint density at radius 3 is 2.10 bits per heavy atom. The van der Waals surface area contributed by atoms with E-state index in [1.807, 2.05) is 20.8 Å². The molecule has 3 nitrogen and oxygen atoms in total. The number of halogens is 3. The Labute approximate surface area is 139 Å². The summed E-state index contributed by atoms with van der Waals surface area (Å²) in [4.78, 5) is 0.0822. The summed E-state index contributed by atoms with van der Waals surface area (Å²) in [6.07, 6.45) is 0.691. The molecule has 1 rings (SSSR count). The highest BCUT2D eigenvalue weighted by Crippen LogP contribution is 2.26. The summed E-state index contributed by atoms with van der Waals surface area (Å²) in [7, 11) is -3.65. The molecule has 1 atom stereocenters. The van der Waals surface area contributed by atoms with E-state index in [0.29, 0.717) is 21.8 Å². The van der Waals surface area contributed by atoms with Crippen LogP contribution in [0.1, 0.15) is 27.2 Å². The Kier molecular flexibility index (Phi) is 6.35. The molecule has 0 spiro atoms. The molecule has 0 aromatic heterocycles. The van der Waals surface area contributed by atoms with E-state index >= 15 is 0 Å². The van der Waals surface area contributed by atoms with Gasteiger partial charge in [-0.15, -0.1) is 0 Å². The zero-order valence-electron chi connectivity index (χ0n) is 11.6. The lowest BCUT2D eigenvalue weighted by Gasteiger charge is -2.30. The van der Waals surface area contributed by atoms with Crippen LogP contribution >= 0.6 is 39.1 Å². The maximum Gasteiger partial charge on any atom is 0.240 e. The van der Waals surface area contributed by atoms with Crippen LogP contribution in [0.2, 0.25) is 10.0 Å². The zero-order chi connectivity index (χ0) is 15.6. The molecular formula is C13H18BrCl2NO2S. The van der Waals surface area contributed by atoms with Gasteiger partial charge in [-0.25, -0.2) is 13.1 Å². The molecule has 1 N–H and O–H groups in total.